The fourth-order valence-electron chi connectivity index (χ4n) is 2.79. The van der Waals surface area contributed by atoms with Crippen LogP contribution in [0.1, 0.15) is 35.2 Å². The summed E-state index contributed by atoms with van der Waals surface area (Å²) in [6.07, 6.45) is 0. The maximum absolute atomic E-state index is 9.45. The van der Waals surface area contributed by atoms with Crippen LogP contribution in [0.2, 0.25) is 5.02 Å². The SMILES string of the molecule is Cc1cc(C)c(C(C)Nc2ccc(O)c(Cl)c2)c(C)c1. The largest absolute Gasteiger partial charge is 0.506 e. The first-order valence-electron chi connectivity index (χ1n) is 6.71. The van der Waals surface area contributed by atoms with Gasteiger partial charge in [-0.2, -0.15) is 0 Å². The summed E-state index contributed by atoms with van der Waals surface area (Å²) in [5.74, 6) is 0.104. The molecule has 2 rings (SSSR count). The molecule has 0 aromatic heterocycles. The smallest absolute Gasteiger partial charge is 0.134 e. The zero-order valence-electron chi connectivity index (χ0n) is 12.3. The van der Waals surface area contributed by atoms with Crippen molar-refractivity contribution in [1.29, 1.82) is 0 Å². The number of hydrogen-bond acceptors (Lipinski definition) is 2. The van der Waals surface area contributed by atoms with Crippen LogP contribution in [0, 0.1) is 20.8 Å². The van der Waals surface area contributed by atoms with E-state index in [4.69, 9.17) is 11.6 Å². The highest BCUT2D eigenvalue weighted by molar-refractivity contribution is 6.32. The molecule has 0 fully saturated rings. The van der Waals surface area contributed by atoms with Crippen LogP contribution >= 0.6 is 11.6 Å². The summed E-state index contributed by atoms with van der Waals surface area (Å²) in [4.78, 5) is 0. The van der Waals surface area contributed by atoms with Crippen LogP contribution in [0.5, 0.6) is 5.75 Å². The molecular weight excluding hydrogens is 270 g/mol. The van der Waals surface area contributed by atoms with Crippen LogP contribution in [0.25, 0.3) is 0 Å². The van der Waals surface area contributed by atoms with Gasteiger partial charge in [0.1, 0.15) is 5.75 Å². The average Bonchev–Trinajstić information content (AvgIpc) is 2.32. The summed E-state index contributed by atoms with van der Waals surface area (Å²) < 4.78 is 0. The van der Waals surface area contributed by atoms with Gasteiger partial charge in [-0.05, 0) is 62.6 Å². The Morgan fingerprint density at radius 3 is 2.20 bits per heavy atom. The molecule has 0 spiro atoms. The summed E-state index contributed by atoms with van der Waals surface area (Å²) in [5.41, 5.74) is 6.06. The van der Waals surface area contributed by atoms with Crippen molar-refractivity contribution in [3.05, 3.63) is 57.6 Å². The molecule has 0 saturated carbocycles. The summed E-state index contributed by atoms with van der Waals surface area (Å²) in [7, 11) is 0. The van der Waals surface area contributed by atoms with Crippen LogP contribution in [-0.2, 0) is 0 Å². The highest BCUT2D eigenvalue weighted by atomic mass is 35.5. The van der Waals surface area contributed by atoms with Gasteiger partial charge in [0.05, 0.1) is 5.02 Å². The van der Waals surface area contributed by atoms with Gasteiger partial charge >= 0.3 is 0 Å². The molecule has 0 aliphatic carbocycles. The van der Waals surface area contributed by atoms with E-state index in [1.165, 1.54) is 22.3 Å². The second-order valence-electron chi connectivity index (χ2n) is 5.34. The van der Waals surface area contributed by atoms with Gasteiger partial charge in [0.15, 0.2) is 0 Å². The lowest BCUT2D eigenvalue weighted by atomic mass is 9.95. The van der Waals surface area contributed by atoms with Gasteiger partial charge in [-0.3, -0.25) is 0 Å². The average molecular weight is 290 g/mol. The van der Waals surface area contributed by atoms with Crippen LogP contribution in [0.4, 0.5) is 5.69 Å². The molecule has 1 unspecified atom stereocenters. The summed E-state index contributed by atoms with van der Waals surface area (Å²) in [6.45, 7) is 8.52. The first kappa shape index (κ1) is 14.7. The van der Waals surface area contributed by atoms with Crippen molar-refractivity contribution in [1.82, 2.24) is 0 Å². The standard InChI is InChI=1S/C17H20ClNO/c1-10-7-11(2)17(12(3)8-10)13(4)19-14-5-6-16(20)15(18)9-14/h5-9,13,19-20H,1-4H3. The third-order valence-corrected chi connectivity index (χ3v) is 3.80. The van der Waals surface area contributed by atoms with Crippen molar-refractivity contribution in [3.63, 3.8) is 0 Å². The van der Waals surface area contributed by atoms with Crippen LogP contribution < -0.4 is 5.32 Å². The molecule has 106 valence electrons. The van der Waals surface area contributed by atoms with Crippen molar-refractivity contribution < 1.29 is 5.11 Å². The molecule has 2 aromatic rings. The Labute approximate surface area is 125 Å². The van der Waals surface area contributed by atoms with E-state index in [0.29, 0.717) is 5.02 Å². The number of halogens is 1. The monoisotopic (exact) mass is 289 g/mol. The molecular formula is C17H20ClNO. The van der Waals surface area contributed by atoms with E-state index in [1.807, 2.05) is 6.07 Å². The molecule has 0 heterocycles. The highest BCUT2D eigenvalue weighted by Gasteiger charge is 2.12. The fraction of sp³-hybridized carbons (Fsp3) is 0.294. The Morgan fingerprint density at radius 1 is 1.05 bits per heavy atom. The fourth-order valence-corrected chi connectivity index (χ4v) is 2.97. The van der Waals surface area contributed by atoms with Gasteiger partial charge in [0, 0.05) is 11.7 Å². The van der Waals surface area contributed by atoms with Crippen molar-refractivity contribution in [2.75, 3.05) is 5.32 Å². The number of rotatable bonds is 3. The van der Waals surface area contributed by atoms with Gasteiger partial charge in [-0.25, -0.2) is 0 Å². The number of aromatic hydroxyl groups is 1. The van der Waals surface area contributed by atoms with E-state index in [9.17, 15) is 5.11 Å². The molecule has 0 bridgehead atoms. The molecule has 2 nitrogen and oxygen atoms in total. The van der Waals surface area contributed by atoms with E-state index in [-0.39, 0.29) is 11.8 Å². The second kappa shape index (κ2) is 5.76. The zero-order chi connectivity index (χ0) is 14.9. The summed E-state index contributed by atoms with van der Waals surface area (Å²) >= 11 is 5.94. The molecule has 0 aliphatic heterocycles. The number of phenolic OH excluding ortho intramolecular Hbond substituents is 1. The van der Waals surface area contributed by atoms with Gasteiger partial charge in [-0.15, -0.1) is 0 Å². The van der Waals surface area contributed by atoms with E-state index in [1.54, 1.807) is 12.1 Å². The van der Waals surface area contributed by atoms with Crippen LogP contribution in [0.3, 0.4) is 0 Å². The van der Waals surface area contributed by atoms with E-state index in [0.717, 1.165) is 5.69 Å². The third kappa shape index (κ3) is 3.07. The van der Waals surface area contributed by atoms with Crippen molar-refractivity contribution in [2.45, 2.75) is 33.7 Å². The Kier molecular flexibility index (Phi) is 4.24. The molecule has 2 aromatic carbocycles. The first-order chi connectivity index (χ1) is 9.38. The molecule has 0 radical (unpaired) electrons. The van der Waals surface area contributed by atoms with Crippen LogP contribution in [0.15, 0.2) is 30.3 Å². The Hall–Kier alpha value is -1.67. The Morgan fingerprint density at radius 2 is 1.65 bits per heavy atom. The second-order valence-corrected chi connectivity index (χ2v) is 5.75. The molecule has 0 amide bonds. The lowest BCUT2D eigenvalue weighted by molar-refractivity contribution is 0.475. The molecule has 1 atom stereocenters. The molecule has 20 heavy (non-hydrogen) atoms. The highest BCUT2D eigenvalue weighted by Crippen LogP contribution is 2.30. The molecule has 2 N–H and O–H groups in total. The molecule has 3 heteroatoms. The quantitative estimate of drug-likeness (QED) is 0.767. The van der Waals surface area contributed by atoms with E-state index < -0.39 is 0 Å². The minimum absolute atomic E-state index is 0.104. The number of benzene rings is 2. The van der Waals surface area contributed by atoms with Gasteiger partial charge in [-0.1, -0.05) is 29.3 Å². The first-order valence-corrected chi connectivity index (χ1v) is 7.09. The van der Waals surface area contributed by atoms with Gasteiger partial charge in [0.2, 0.25) is 0 Å². The maximum atomic E-state index is 9.45. The van der Waals surface area contributed by atoms with Crippen molar-refractivity contribution in [3.8, 4) is 5.75 Å². The number of hydrogen-bond donors (Lipinski definition) is 2. The Balaban J connectivity index is 2.28. The van der Waals surface area contributed by atoms with Crippen LogP contribution in [-0.4, -0.2) is 5.11 Å². The topological polar surface area (TPSA) is 32.3 Å². The molecule has 0 aliphatic rings. The van der Waals surface area contributed by atoms with E-state index in [2.05, 4.69) is 45.1 Å². The van der Waals surface area contributed by atoms with Gasteiger partial charge in [0.25, 0.3) is 0 Å². The zero-order valence-corrected chi connectivity index (χ0v) is 13.0. The minimum Gasteiger partial charge on any atom is -0.506 e. The third-order valence-electron chi connectivity index (χ3n) is 3.50. The maximum Gasteiger partial charge on any atom is 0.134 e. The predicted octanol–water partition coefficient (Wildman–Crippen LogP) is 5.14. The van der Waals surface area contributed by atoms with Gasteiger partial charge < -0.3 is 10.4 Å². The van der Waals surface area contributed by atoms with Crippen molar-refractivity contribution >= 4 is 17.3 Å². The predicted molar refractivity (Wildman–Crippen MR) is 85.8 cm³/mol. The lowest BCUT2D eigenvalue weighted by Gasteiger charge is -2.21. The number of phenols is 1. The molecule has 0 saturated heterocycles. The number of anilines is 1. The number of aryl methyl sites for hydroxylation is 3. The Bertz CT molecular complexity index is 614. The lowest BCUT2D eigenvalue weighted by Crippen LogP contribution is -2.10. The summed E-state index contributed by atoms with van der Waals surface area (Å²) in [6, 6.07) is 9.75. The van der Waals surface area contributed by atoms with E-state index >= 15 is 0 Å². The van der Waals surface area contributed by atoms with Crippen molar-refractivity contribution in [2.24, 2.45) is 0 Å². The number of nitrogens with one attached hydrogen (secondary N) is 1. The normalized spacial score (nSPS) is 12.2. The summed E-state index contributed by atoms with van der Waals surface area (Å²) in [5, 5.41) is 13.2. The minimum atomic E-state index is 0.104.